The highest BCUT2D eigenvalue weighted by Crippen LogP contribution is 2.38. The van der Waals surface area contributed by atoms with Crippen LogP contribution < -0.4 is 0 Å². The molecule has 0 unspecified atom stereocenters. The smallest absolute Gasteiger partial charge is 0.342 e. The predicted octanol–water partition coefficient (Wildman–Crippen LogP) is 1.78. The van der Waals surface area contributed by atoms with E-state index in [2.05, 4.69) is 0 Å². The third kappa shape index (κ3) is 2.04. The maximum absolute atomic E-state index is 11.8. The molecule has 1 aliphatic carbocycles. The number of carbonyl (C=O) groups is 3. The molecule has 0 spiro atoms. The average Bonchev–Trinajstić information content (AvgIpc) is 2.38. The molecule has 6 nitrogen and oxygen atoms in total. The summed E-state index contributed by atoms with van der Waals surface area (Å²) >= 11 is 5.57. The number of allylic oxidation sites excluding steroid dienone is 2. The van der Waals surface area contributed by atoms with Crippen LogP contribution in [0.3, 0.4) is 0 Å². The summed E-state index contributed by atoms with van der Waals surface area (Å²) in [6, 6.07) is 0.868. The van der Waals surface area contributed by atoms with Gasteiger partial charge >= 0.3 is 5.97 Å². The predicted molar refractivity (Wildman–Crippen MR) is 68.3 cm³/mol. The van der Waals surface area contributed by atoms with Crippen molar-refractivity contribution in [2.75, 3.05) is 6.61 Å². The summed E-state index contributed by atoms with van der Waals surface area (Å²) in [5, 5.41) is 19.4. The summed E-state index contributed by atoms with van der Waals surface area (Å²) in [5.74, 6) is -3.82. The number of rotatable bonds is 2. The molecule has 0 saturated carbocycles. The SMILES string of the molecule is CCOC(=O)c1cc(O)c2c(c1O)C(=O)C=C(Cl)C2=O. The number of esters is 1. The first-order valence-electron chi connectivity index (χ1n) is 5.60. The van der Waals surface area contributed by atoms with Gasteiger partial charge in [-0.15, -0.1) is 0 Å². The summed E-state index contributed by atoms with van der Waals surface area (Å²) in [6.45, 7) is 1.61. The molecule has 0 atom stereocenters. The minimum Gasteiger partial charge on any atom is -0.507 e. The molecule has 0 bridgehead atoms. The van der Waals surface area contributed by atoms with Gasteiger partial charge in [0.15, 0.2) is 5.78 Å². The van der Waals surface area contributed by atoms with Crippen molar-refractivity contribution in [3.63, 3.8) is 0 Å². The van der Waals surface area contributed by atoms with Crippen molar-refractivity contribution in [2.24, 2.45) is 0 Å². The van der Waals surface area contributed by atoms with Crippen molar-refractivity contribution in [2.45, 2.75) is 6.92 Å². The highest BCUT2D eigenvalue weighted by Gasteiger charge is 2.33. The van der Waals surface area contributed by atoms with Gasteiger partial charge in [-0.2, -0.15) is 0 Å². The van der Waals surface area contributed by atoms with Crippen LogP contribution in [0, 0.1) is 0 Å². The summed E-state index contributed by atoms with van der Waals surface area (Å²) < 4.78 is 4.69. The number of aromatic hydroxyl groups is 2. The van der Waals surface area contributed by atoms with Gasteiger partial charge in [-0.1, -0.05) is 11.6 Å². The molecule has 0 saturated heterocycles. The molecule has 1 aromatic carbocycles. The second kappa shape index (κ2) is 4.97. The van der Waals surface area contributed by atoms with Gasteiger partial charge in [0.05, 0.1) is 22.8 Å². The quantitative estimate of drug-likeness (QED) is 0.637. The van der Waals surface area contributed by atoms with Gasteiger partial charge < -0.3 is 14.9 Å². The topological polar surface area (TPSA) is 101 Å². The minimum atomic E-state index is -0.913. The molecular weight excluding hydrogens is 288 g/mol. The zero-order chi connectivity index (χ0) is 15.0. The fourth-order valence-electron chi connectivity index (χ4n) is 1.86. The van der Waals surface area contributed by atoms with E-state index in [4.69, 9.17) is 16.3 Å². The largest absolute Gasteiger partial charge is 0.507 e. The molecule has 0 amide bonds. The molecule has 1 aliphatic rings. The zero-order valence-corrected chi connectivity index (χ0v) is 11.0. The van der Waals surface area contributed by atoms with Crippen molar-refractivity contribution in [3.05, 3.63) is 33.9 Å². The van der Waals surface area contributed by atoms with Crippen LogP contribution in [0.15, 0.2) is 17.2 Å². The fraction of sp³-hybridized carbons (Fsp3) is 0.154. The first-order valence-corrected chi connectivity index (χ1v) is 5.98. The molecule has 2 rings (SSSR count). The van der Waals surface area contributed by atoms with Crippen molar-refractivity contribution in [3.8, 4) is 11.5 Å². The van der Waals surface area contributed by atoms with Crippen molar-refractivity contribution >= 4 is 29.1 Å². The summed E-state index contributed by atoms with van der Waals surface area (Å²) in [7, 11) is 0. The van der Waals surface area contributed by atoms with E-state index in [1.807, 2.05) is 0 Å². The van der Waals surface area contributed by atoms with E-state index in [0.29, 0.717) is 0 Å². The average molecular weight is 297 g/mol. The van der Waals surface area contributed by atoms with Crippen LogP contribution in [0.5, 0.6) is 11.5 Å². The van der Waals surface area contributed by atoms with Crippen molar-refractivity contribution in [1.82, 2.24) is 0 Å². The number of Topliss-reactive ketones (excluding diaryl/α,β-unsaturated/α-hetero) is 1. The standard InChI is InChI=1S/C13H9ClO6/c1-2-20-13(19)5-3-7(15)10-9(11(5)17)8(16)4-6(14)12(10)18/h3-4,15,17H,2H2,1H3. The van der Waals surface area contributed by atoms with Gasteiger partial charge in [-0.05, 0) is 13.0 Å². The van der Waals surface area contributed by atoms with Crippen LogP contribution in [0.4, 0.5) is 0 Å². The van der Waals surface area contributed by atoms with Crippen LogP contribution in [-0.2, 0) is 4.74 Å². The third-order valence-corrected chi connectivity index (χ3v) is 3.00. The maximum atomic E-state index is 11.8. The van der Waals surface area contributed by atoms with Crippen LogP contribution in [-0.4, -0.2) is 34.4 Å². The van der Waals surface area contributed by atoms with Crippen LogP contribution in [0.1, 0.15) is 38.0 Å². The maximum Gasteiger partial charge on any atom is 0.342 e. The molecule has 0 aromatic heterocycles. The zero-order valence-electron chi connectivity index (χ0n) is 10.3. The summed E-state index contributed by atoms with van der Waals surface area (Å²) in [6.07, 6.45) is 0.820. The molecule has 0 aliphatic heterocycles. The number of phenols is 2. The Labute approximate surface area is 118 Å². The van der Waals surface area contributed by atoms with E-state index < -0.39 is 45.7 Å². The monoisotopic (exact) mass is 296 g/mol. The number of carbonyl (C=O) groups excluding carboxylic acids is 3. The highest BCUT2D eigenvalue weighted by molar-refractivity contribution is 6.49. The molecule has 0 radical (unpaired) electrons. The Morgan fingerprint density at radius 2 is 1.95 bits per heavy atom. The first-order chi connectivity index (χ1) is 9.38. The number of hydrogen-bond acceptors (Lipinski definition) is 6. The molecule has 0 heterocycles. The lowest BCUT2D eigenvalue weighted by atomic mass is 9.90. The lowest BCUT2D eigenvalue weighted by molar-refractivity contribution is 0.0522. The van der Waals surface area contributed by atoms with Gasteiger partial charge in [0.1, 0.15) is 17.1 Å². The molecule has 2 N–H and O–H groups in total. The molecule has 0 fully saturated rings. The molecule has 1 aromatic rings. The lowest BCUT2D eigenvalue weighted by Crippen LogP contribution is -2.17. The second-order valence-corrected chi connectivity index (χ2v) is 4.36. The Hall–Kier alpha value is -2.34. The number of hydrogen-bond donors (Lipinski definition) is 2. The number of halogens is 1. The highest BCUT2D eigenvalue weighted by atomic mass is 35.5. The molecule has 7 heteroatoms. The van der Waals surface area contributed by atoms with E-state index in [-0.39, 0.29) is 11.6 Å². The number of phenolic OH excluding ortho intramolecular Hbond substituents is 2. The Morgan fingerprint density at radius 1 is 1.30 bits per heavy atom. The van der Waals surface area contributed by atoms with Gasteiger partial charge in [0, 0.05) is 6.08 Å². The lowest BCUT2D eigenvalue weighted by Gasteiger charge is -2.16. The van der Waals surface area contributed by atoms with Crippen molar-refractivity contribution < 1.29 is 29.3 Å². The fourth-order valence-corrected chi connectivity index (χ4v) is 2.06. The van der Waals surface area contributed by atoms with Crippen molar-refractivity contribution in [1.29, 1.82) is 0 Å². The van der Waals surface area contributed by atoms with E-state index in [1.54, 1.807) is 6.92 Å². The van der Waals surface area contributed by atoms with Gasteiger partial charge in [0.2, 0.25) is 5.78 Å². The molecule has 104 valence electrons. The van der Waals surface area contributed by atoms with Gasteiger partial charge in [-0.3, -0.25) is 9.59 Å². The normalized spacial score (nSPS) is 13.8. The summed E-state index contributed by atoms with van der Waals surface area (Å²) in [4.78, 5) is 35.2. The third-order valence-electron chi connectivity index (χ3n) is 2.72. The number of benzene rings is 1. The Morgan fingerprint density at radius 3 is 2.55 bits per heavy atom. The van der Waals surface area contributed by atoms with Crippen LogP contribution in [0.25, 0.3) is 0 Å². The first kappa shape index (κ1) is 14.1. The Balaban J connectivity index is 2.71. The van der Waals surface area contributed by atoms with Gasteiger partial charge in [0.25, 0.3) is 0 Å². The van der Waals surface area contributed by atoms with E-state index in [0.717, 1.165) is 12.1 Å². The molecular formula is C13H9ClO6. The van der Waals surface area contributed by atoms with Gasteiger partial charge in [-0.25, -0.2) is 4.79 Å². The second-order valence-electron chi connectivity index (χ2n) is 3.95. The minimum absolute atomic E-state index is 0.0503. The number of fused-ring (bicyclic) bond motifs is 1. The number of ether oxygens (including phenoxy) is 1. The Bertz CT molecular complexity index is 674. The number of ketones is 2. The van der Waals surface area contributed by atoms with Crippen LogP contribution >= 0.6 is 11.6 Å². The van der Waals surface area contributed by atoms with E-state index >= 15 is 0 Å². The van der Waals surface area contributed by atoms with E-state index in [1.165, 1.54) is 0 Å². The van der Waals surface area contributed by atoms with Crippen LogP contribution in [0.2, 0.25) is 0 Å². The van der Waals surface area contributed by atoms with E-state index in [9.17, 15) is 24.6 Å². The molecule has 20 heavy (non-hydrogen) atoms. The Kier molecular flexibility index (Phi) is 3.50. The summed E-state index contributed by atoms with van der Waals surface area (Å²) in [5.41, 5.74) is -1.27.